The normalized spacial score (nSPS) is 16.0. The molecule has 1 heterocycles. The highest BCUT2D eigenvalue weighted by Gasteiger charge is 2.22. The van der Waals surface area contributed by atoms with E-state index < -0.39 is 10.0 Å². The molecule has 1 N–H and O–H groups in total. The van der Waals surface area contributed by atoms with Crippen LogP contribution >= 0.6 is 0 Å². The van der Waals surface area contributed by atoms with Crippen molar-refractivity contribution in [3.8, 4) is 0 Å². The van der Waals surface area contributed by atoms with Gasteiger partial charge in [-0.05, 0) is 19.1 Å². The van der Waals surface area contributed by atoms with Crippen LogP contribution in [0, 0.1) is 5.82 Å². The van der Waals surface area contributed by atoms with Crippen LogP contribution in [0.2, 0.25) is 0 Å². The molecule has 0 amide bonds. The van der Waals surface area contributed by atoms with Gasteiger partial charge >= 0.3 is 0 Å². The van der Waals surface area contributed by atoms with E-state index in [1.807, 2.05) is 31.7 Å². The first-order valence-corrected chi connectivity index (χ1v) is 11.5. The smallest absolute Gasteiger partial charge is 0.215 e. The van der Waals surface area contributed by atoms with Crippen molar-refractivity contribution in [2.75, 3.05) is 63.0 Å². The van der Waals surface area contributed by atoms with Crippen LogP contribution in [0.3, 0.4) is 0 Å². The minimum absolute atomic E-state index is 0.00122. The van der Waals surface area contributed by atoms with Crippen molar-refractivity contribution in [1.29, 1.82) is 0 Å². The number of nitrogens with one attached hydrogen (secondary N) is 1. The van der Waals surface area contributed by atoms with Crippen LogP contribution in [0.15, 0.2) is 29.3 Å². The molecule has 1 saturated heterocycles. The highest BCUT2D eigenvalue weighted by Crippen LogP contribution is 2.20. The molecule has 9 heteroatoms. The first kappa shape index (κ1) is 22.4. The van der Waals surface area contributed by atoms with E-state index in [-0.39, 0.29) is 18.1 Å². The molecule has 2 rings (SSSR count). The first-order valence-electron chi connectivity index (χ1n) is 9.93. The molecule has 0 unspecified atom stereocenters. The Labute approximate surface area is 168 Å². The Bertz CT molecular complexity index is 744. The maximum absolute atomic E-state index is 14.0. The van der Waals surface area contributed by atoms with Gasteiger partial charge in [0.2, 0.25) is 10.0 Å². The summed E-state index contributed by atoms with van der Waals surface area (Å²) in [4.78, 5) is 8.65. The van der Waals surface area contributed by atoms with Crippen LogP contribution in [0.1, 0.15) is 20.8 Å². The summed E-state index contributed by atoms with van der Waals surface area (Å²) < 4.78 is 40.1. The second-order valence-corrected chi connectivity index (χ2v) is 8.65. The summed E-state index contributed by atoms with van der Waals surface area (Å²) in [5.41, 5.74) is 0.620. The fraction of sp³-hybridized carbons (Fsp3) is 0.632. The third-order valence-electron chi connectivity index (χ3n) is 4.82. The molecule has 1 aliphatic rings. The lowest BCUT2D eigenvalue weighted by Crippen LogP contribution is -2.52. The van der Waals surface area contributed by atoms with Crippen LogP contribution in [0.25, 0.3) is 0 Å². The van der Waals surface area contributed by atoms with E-state index in [0.29, 0.717) is 57.5 Å². The molecular formula is C19H32FN5O2S. The summed E-state index contributed by atoms with van der Waals surface area (Å²) in [6.45, 7) is 10.3. The van der Waals surface area contributed by atoms with E-state index in [1.54, 1.807) is 12.1 Å². The Morgan fingerprint density at radius 2 is 1.79 bits per heavy atom. The standard InChI is InChI=1S/C19H32FN5O2S/c1-4-21-19(22-11-16-28(26,27)25(5-2)6-3)24-14-12-23(13-15-24)18-10-8-7-9-17(18)20/h7-10H,4-6,11-16H2,1-3H3,(H,21,22). The molecule has 7 nitrogen and oxygen atoms in total. The Hall–Kier alpha value is -1.87. The van der Waals surface area contributed by atoms with E-state index in [2.05, 4.69) is 15.2 Å². The number of halogens is 1. The van der Waals surface area contributed by atoms with Gasteiger partial charge in [-0.15, -0.1) is 0 Å². The Morgan fingerprint density at radius 3 is 2.36 bits per heavy atom. The lowest BCUT2D eigenvalue weighted by Gasteiger charge is -2.37. The Morgan fingerprint density at radius 1 is 1.14 bits per heavy atom. The fourth-order valence-corrected chi connectivity index (χ4v) is 4.67. The van der Waals surface area contributed by atoms with Gasteiger partial charge in [0, 0.05) is 45.8 Å². The molecule has 1 aromatic rings. The average Bonchev–Trinajstić information content (AvgIpc) is 2.68. The van der Waals surface area contributed by atoms with Crippen molar-refractivity contribution >= 4 is 21.7 Å². The van der Waals surface area contributed by atoms with Crippen molar-refractivity contribution in [3.63, 3.8) is 0 Å². The quantitative estimate of drug-likeness (QED) is 0.518. The van der Waals surface area contributed by atoms with E-state index in [1.165, 1.54) is 10.4 Å². The summed E-state index contributed by atoms with van der Waals surface area (Å²) in [7, 11) is -3.28. The Kier molecular flexibility index (Phi) is 8.50. The lowest BCUT2D eigenvalue weighted by molar-refractivity contribution is 0.371. The zero-order valence-corrected chi connectivity index (χ0v) is 17.9. The number of sulfonamides is 1. The molecule has 0 radical (unpaired) electrons. The van der Waals surface area contributed by atoms with E-state index in [0.717, 1.165) is 0 Å². The molecule has 0 aliphatic carbocycles. The number of hydrogen-bond acceptors (Lipinski definition) is 4. The largest absolute Gasteiger partial charge is 0.366 e. The number of aliphatic imine (C=N–C) groups is 1. The highest BCUT2D eigenvalue weighted by molar-refractivity contribution is 7.89. The van der Waals surface area contributed by atoms with Crippen LogP contribution in [0.4, 0.5) is 10.1 Å². The van der Waals surface area contributed by atoms with Gasteiger partial charge in [-0.2, -0.15) is 0 Å². The van der Waals surface area contributed by atoms with Crippen molar-refractivity contribution in [2.45, 2.75) is 20.8 Å². The average molecular weight is 414 g/mol. The van der Waals surface area contributed by atoms with Crippen LogP contribution in [0.5, 0.6) is 0 Å². The zero-order chi connectivity index (χ0) is 20.6. The fourth-order valence-electron chi connectivity index (χ4n) is 3.31. The molecule has 158 valence electrons. The number of rotatable bonds is 8. The molecule has 0 bridgehead atoms. The number of piperazine rings is 1. The summed E-state index contributed by atoms with van der Waals surface area (Å²) >= 11 is 0. The number of benzene rings is 1. The Balaban J connectivity index is 1.97. The van der Waals surface area contributed by atoms with Gasteiger partial charge in [-0.3, -0.25) is 4.99 Å². The molecule has 28 heavy (non-hydrogen) atoms. The molecule has 0 spiro atoms. The molecule has 0 saturated carbocycles. The molecule has 0 atom stereocenters. The van der Waals surface area contributed by atoms with E-state index >= 15 is 0 Å². The second-order valence-electron chi connectivity index (χ2n) is 6.56. The third-order valence-corrected chi connectivity index (χ3v) is 6.82. The van der Waals surface area contributed by atoms with Crippen LogP contribution in [-0.4, -0.2) is 81.7 Å². The maximum atomic E-state index is 14.0. The number of nitrogens with zero attached hydrogens (tertiary/aromatic N) is 4. The summed E-state index contributed by atoms with van der Waals surface area (Å²) in [5.74, 6) is 0.502. The predicted molar refractivity (Wildman–Crippen MR) is 113 cm³/mol. The monoisotopic (exact) mass is 413 g/mol. The molecule has 1 fully saturated rings. The van der Waals surface area contributed by atoms with Gasteiger partial charge in [0.15, 0.2) is 5.96 Å². The number of para-hydroxylation sites is 1. The zero-order valence-electron chi connectivity index (χ0n) is 17.1. The van der Waals surface area contributed by atoms with E-state index in [4.69, 9.17) is 0 Å². The minimum atomic E-state index is -3.28. The minimum Gasteiger partial charge on any atom is -0.366 e. The topological polar surface area (TPSA) is 68.2 Å². The van der Waals surface area contributed by atoms with Gasteiger partial charge in [0.1, 0.15) is 5.82 Å². The third kappa shape index (κ3) is 5.81. The number of guanidine groups is 1. The second kappa shape index (κ2) is 10.6. The summed E-state index contributed by atoms with van der Waals surface area (Å²) in [5, 5.41) is 3.24. The molecule has 1 aliphatic heterocycles. The van der Waals surface area contributed by atoms with Crippen molar-refractivity contribution < 1.29 is 12.8 Å². The molecule has 1 aromatic carbocycles. The number of anilines is 1. The lowest BCUT2D eigenvalue weighted by atomic mass is 10.2. The van der Waals surface area contributed by atoms with Crippen LogP contribution in [-0.2, 0) is 10.0 Å². The predicted octanol–water partition coefficient (Wildman–Crippen LogP) is 1.58. The van der Waals surface area contributed by atoms with Crippen molar-refractivity contribution in [3.05, 3.63) is 30.1 Å². The van der Waals surface area contributed by atoms with Crippen molar-refractivity contribution in [2.24, 2.45) is 4.99 Å². The van der Waals surface area contributed by atoms with Gasteiger partial charge < -0.3 is 15.1 Å². The van der Waals surface area contributed by atoms with Gasteiger partial charge in [-0.1, -0.05) is 26.0 Å². The first-order chi connectivity index (χ1) is 13.4. The van der Waals surface area contributed by atoms with Crippen molar-refractivity contribution in [1.82, 2.24) is 14.5 Å². The SMILES string of the molecule is CCNC(=NCCS(=O)(=O)N(CC)CC)N1CCN(c2ccccc2F)CC1. The molecular weight excluding hydrogens is 381 g/mol. The molecule has 0 aromatic heterocycles. The summed E-state index contributed by atoms with van der Waals surface area (Å²) in [6, 6.07) is 6.80. The summed E-state index contributed by atoms with van der Waals surface area (Å²) in [6.07, 6.45) is 0. The van der Waals surface area contributed by atoms with Gasteiger partial charge in [0.25, 0.3) is 0 Å². The van der Waals surface area contributed by atoms with Gasteiger partial charge in [-0.25, -0.2) is 17.1 Å². The van der Waals surface area contributed by atoms with E-state index in [9.17, 15) is 12.8 Å². The van der Waals surface area contributed by atoms with Crippen LogP contribution < -0.4 is 10.2 Å². The van der Waals surface area contributed by atoms with Gasteiger partial charge in [0.05, 0.1) is 18.0 Å². The maximum Gasteiger partial charge on any atom is 0.215 e. The highest BCUT2D eigenvalue weighted by atomic mass is 32.2. The number of hydrogen-bond donors (Lipinski definition) is 1.